The Labute approximate surface area is 87.7 Å². The van der Waals surface area contributed by atoms with E-state index >= 15 is 0 Å². The molecule has 2 rings (SSSR count). The van der Waals surface area contributed by atoms with Crippen LogP contribution < -0.4 is 0 Å². The van der Waals surface area contributed by atoms with Crippen molar-refractivity contribution in [1.29, 1.82) is 0 Å². The molecule has 3 unspecified atom stereocenters. The fourth-order valence-corrected chi connectivity index (χ4v) is 2.71. The van der Waals surface area contributed by atoms with Gasteiger partial charge in [0, 0.05) is 18.7 Å². The van der Waals surface area contributed by atoms with Crippen LogP contribution >= 0.6 is 11.3 Å². The smallest absolute Gasteiger partial charge is 0.0951 e. The first kappa shape index (κ1) is 10.1. The van der Waals surface area contributed by atoms with Gasteiger partial charge in [0.25, 0.3) is 0 Å². The first-order valence-corrected chi connectivity index (χ1v) is 5.89. The van der Waals surface area contributed by atoms with Crippen LogP contribution in [0.4, 0.5) is 0 Å². The molecule has 1 aromatic rings. The summed E-state index contributed by atoms with van der Waals surface area (Å²) in [7, 11) is 0. The summed E-state index contributed by atoms with van der Waals surface area (Å²) in [6.07, 6.45) is 3.50. The molecular formula is C10H15NO2S. The van der Waals surface area contributed by atoms with E-state index in [9.17, 15) is 5.11 Å². The van der Waals surface area contributed by atoms with Crippen LogP contribution in [0.25, 0.3) is 0 Å². The Morgan fingerprint density at radius 1 is 1.79 bits per heavy atom. The number of rotatable bonds is 3. The summed E-state index contributed by atoms with van der Waals surface area (Å²) >= 11 is 1.51. The van der Waals surface area contributed by atoms with E-state index in [1.807, 2.05) is 0 Å². The molecule has 0 aliphatic carbocycles. The fourth-order valence-electron chi connectivity index (χ4n) is 2.03. The van der Waals surface area contributed by atoms with Crippen LogP contribution in [0.1, 0.15) is 30.7 Å². The highest BCUT2D eigenvalue weighted by Crippen LogP contribution is 2.35. The molecule has 0 amide bonds. The van der Waals surface area contributed by atoms with E-state index in [2.05, 4.69) is 11.9 Å². The maximum absolute atomic E-state index is 10.1. The van der Waals surface area contributed by atoms with Gasteiger partial charge in [-0.05, 0) is 12.8 Å². The van der Waals surface area contributed by atoms with Gasteiger partial charge in [0.1, 0.15) is 0 Å². The Morgan fingerprint density at radius 3 is 3.29 bits per heavy atom. The normalized spacial score (nSPS) is 29.3. The highest BCUT2D eigenvalue weighted by atomic mass is 32.1. The third-order valence-electron chi connectivity index (χ3n) is 2.81. The van der Waals surface area contributed by atoms with Crippen molar-refractivity contribution >= 4 is 11.3 Å². The average molecular weight is 213 g/mol. The number of aliphatic hydroxyl groups is 1. The largest absolute Gasteiger partial charge is 0.387 e. The Kier molecular flexibility index (Phi) is 3.15. The third-order valence-corrected chi connectivity index (χ3v) is 3.66. The minimum Gasteiger partial charge on any atom is -0.387 e. The number of ether oxygens (including phenoxy) is 1. The maximum atomic E-state index is 10.1. The van der Waals surface area contributed by atoms with Crippen molar-refractivity contribution in [1.82, 2.24) is 4.98 Å². The van der Waals surface area contributed by atoms with E-state index in [-0.39, 0.29) is 12.0 Å². The standard InChI is InChI=1S/C10H15NO2S/c1-2-8-7(3-4-13-8)10(12)9-5-11-6-14-9/h5-8,10,12H,2-4H2,1H3. The van der Waals surface area contributed by atoms with Crippen LogP contribution in [0, 0.1) is 5.92 Å². The second-order valence-electron chi connectivity index (χ2n) is 3.62. The zero-order chi connectivity index (χ0) is 9.97. The Morgan fingerprint density at radius 2 is 2.64 bits per heavy atom. The molecule has 14 heavy (non-hydrogen) atoms. The van der Waals surface area contributed by atoms with E-state index in [1.54, 1.807) is 11.7 Å². The molecule has 1 fully saturated rings. The van der Waals surface area contributed by atoms with Gasteiger partial charge in [0.05, 0.1) is 22.6 Å². The van der Waals surface area contributed by atoms with Crippen molar-refractivity contribution in [3.8, 4) is 0 Å². The lowest BCUT2D eigenvalue weighted by atomic mass is 9.93. The van der Waals surface area contributed by atoms with Gasteiger partial charge in [-0.2, -0.15) is 0 Å². The summed E-state index contributed by atoms with van der Waals surface area (Å²) in [5, 5.41) is 10.1. The summed E-state index contributed by atoms with van der Waals surface area (Å²) < 4.78 is 5.56. The lowest BCUT2D eigenvalue weighted by Gasteiger charge is -2.21. The molecular weight excluding hydrogens is 198 g/mol. The number of hydrogen-bond donors (Lipinski definition) is 1. The van der Waals surface area contributed by atoms with E-state index in [0.717, 1.165) is 24.3 Å². The van der Waals surface area contributed by atoms with Gasteiger partial charge in [-0.1, -0.05) is 6.92 Å². The maximum Gasteiger partial charge on any atom is 0.0951 e. The highest BCUT2D eigenvalue weighted by Gasteiger charge is 2.33. The number of aliphatic hydroxyl groups excluding tert-OH is 1. The first-order valence-electron chi connectivity index (χ1n) is 5.01. The van der Waals surface area contributed by atoms with Crippen molar-refractivity contribution in [2.24, 2.45) is 5.92 Å². The summed E-state index contributed by atoms with van der Waals surface area (Å²) in [5.74, 6) is 0.250. The molecule has 1 saturated heterocycles. The molecule has 3 atom stereocenters. The SMILES string of the molecule is CCC1OCCC1C(O)c1cncs1. The minimum absolute atomic E-state index is 0.215. The molecule has 1 aliphatic heterocycles. The number of nitrogens with zero attached hydrogens (tertiary/aromatic N) is 1. The predicted molar refractivity (Wildman–Crippen MR) is 55.2 cm³/mol. The van der Waals surface area contributed by atoms with Crippen molar-refractivity contribution in [2.75, 3.05) is 6.61 Å². The van der Waals surface area contributed by atoms with Crippen LogP contribution in [0.5, 0.6) is 0 Å². The molecule has 2 heterocycles. The van der Waals surface area contributed by atoms with E-state index in [0.29, 0.717) is 0 Å². The van der Waals surface area contributed by atoms with Crippen molar-refractivity contribution in [3.05, 3.63) is 16.6 Å². The molecule has 0 bridgehead atoms. The van der Waals surface area contributed by atoms with E-state index in [4.69, 9.17) is 4.74 Å². The predicted octanol–water partition coefficient (Wildman–Crippen LogP) is 1.99. The van der Waals surface area contributed by atoms with Crippen LogP contribution in [-0.4, -0.2) is 22.8 Å². The number of thiazole rings is 1. The summed E-state index contributed by atoms with van der Waals surface area (Å²) in [5.41, 5.74) is 1.76. The molecule has 0 saturated carbocycles. The Balaban J connectivity index is 2.07. The van der Waals surface area contributed by atoms with Gasteiger partial charge >= 0.3 is 0 Å². The monoisotopic (exact) mass is 213 g/mol. The summed E-state index contributed by atoms with van der Waals surface area (Å²) in [6, 6.07) is 0. The van der Waals surface area contributed by atoms with Gasteiger partial charge in [0.15, 0.2) is 0 Å². The summed E-state index contributed by atoms with van der Waals surface area (Å²) in [4.78, 5) is 4.94. The third kappa shape index (κ3) is 1.82. The van der Waals surface area contributed by atoms with Crippen LogP contribution in [0.3, 0.4) is 0 Å². The number of hydrogen-bond acceptors (Lipinski definition) is 4. The molecule has 0 spiro atoms. The van der Waals surface area contributed by atoms with Crippen LogP contribution in [0.15, 0.2) is 11.7 Å². The van der Waals surface area contributed by atoms with Crippen molar-refractivity contribution < 1.29 is 9.84 Å². The zero-order valence-electron chi connectivity index (χ0n) is 8.22. The van der Waals surface area contributed by atoms with Crippen LogP contribution in [0.2, 0.25) is 0 Å². The summed E-state index contributed by atoms with van der Waals surface area (Å²) in [6.45, 7) is 2.88. The second kappa shape index (κ2) is 4.38. The van der Waals surface area contributed by atoms with Crippen molar-refractivity contribution in [2.45, 2.75) is 32.0 Å². The lowest BCUT2D eigenvalue weighted by Crippen LogP contribution is -2.21. The molecule has 1 N–H and O–H groups in total. The van der Waals surface area contributed by atoms with Gasteiger partial charge in [-0.3, -0.25) is 4.98 Å². The fraction of sp³-hybridized carbons (Fsp3) is 0.700. The Bertz CT molecular complexity index is 276. The molecule has 1 aromatic heterocycles. The van der Waals surface area contributed by atoms with Gasteiger partial charge in [-0.15, -0.1) is 11.3 Å². The second-order valence-corrected chi connectivity index (χ2v) is 4.54. The molecule has 0 radical (unpaired) electrons. The Hall–Kier alpha value is -0.450. The molecule has 78 valence electrons. The molecule has 1 aliphatic rings. The van der Waals surface area contributed by atoms with Gasteiger partial charge in [-0.25, -0.2) is 0 Å². The molecule has 3 nitrogen and oxygen atoms in total. The minimum atomic E-state index is -0.394. The molecule has 0 aromatic carbocycles. The van der Waals surface area contributed by atoms with Gasteiger partial charge in [0.2, 0.25) is 0 Å². The first-order chi connectivity index (χ1) is 6.83. The molecule has 4 heteroatoms. The average Bonchev–Trinajstić information content (AvgIpc) is 2.87. The highest BCUT2D eigenvalue weighted by molar-refractivity contribution is 7.09. The topological polar surface area (TPSA) is 42.4 Å². The lowest BCUT2D eigenvalue weighted by molar-refractivity contribution is 0.0322. The van der Waals surface area contributed by atoms with E-state index in [1.165, 1.54) is 11.3 Å². The van der Waals surface area contributed by atoms with Gasteiger partial charge < -0.3 is 9.84 Å². The van der Waals surface area contributed by atoms with Crippen LogP contribution in [-0.2, 0) is 4.74 Å². The number of aromatic nitrogens is 1. The van der Waals surface area contributed by atoms with Crippen molar-refractivity contribution in [3.63, 3.8) is 0 Å². The van der Waals surface area contributed by atoms with E-state index < -0.39 is 6.10 Å². The zero-order valence-corrected chi connectivity index (χ0v) is 9.04. The quantitative estimate of drug-likeness (QED) is 0.835.